The fourth-order valence-electron chi connectivity index (χ4n) is 13.5. The van der Waals surface area contributed by atoms with Crippen LogP contribution >= 0.6 is 0 Å². The van der Waals surface area contributed by atoms with E-state index in [0.717, 1.165) is 17.1 Å². The van der Waals surface area contributed by atoms with Gasteiger partial charge in [-0.15, -0.1) is 0 Å². The summed E-state index contributed by atoms with van der Waals surface area (Å²) in [5.41, 5.74) is 25.2. The van der Waals surface area contributed by atoms with E-state index in [1.165, 1.54) is 100 Å². The molecule has 72 heavy (non-hydrogen) atoms. The summed E-state index contributed by atoms with van der Waals surface area (Å²) >= 11 is 0. The van der Waals surface area contributed by atoms with E-state index in [9.17, 15) is 0 Å². The number of fused-ring (bicyclic) bond motifs is 9. The van der Waals surface area contributed by atoms with Crippen LogP contribution in [0.3, 0.4) is 0 Å². The van der Waals surface area contributed by atoms with Crippen molar-refractivity contribution in [3.63, 3.8) is 0 Å². The predicted octanol–water partition coefficient (Wildman–Crippen LogP) is 17.9. The molecular weight excluding hydrogens is 867 g/mol. The van der Waals surface area contributed by atoms with E-state index in [-0.39, 0.29) is 5.41 Å². The van der Waals surface area contributed by atoms with Crippen molar-refractivity contribution >= 4 is 17.1 Å². The largest absolute Gasteiger partial charge is 0.310 e. The average molecular weight is 918 g/mol. The highest BCUT2D eigenvalue weighted by Crippen LogP contribution is 2.62. The van der Waals surface area contributed by atoms with Gasteiger partial charge in [0.15, 0.2) is 0 Å². The lowest BCUT2D eigenvalue weighted by Gasteiger charge is -2.34. The van der Waals surface area contributed by atoms with E-state index in [2.05, 4.69) is 292 Å². The van der Waals surface area contributed by atoms with Crippen LogP contribution in [-0.2, 0) is 16.2 Å². The van der Waals surface area contributed by atoms with Crippen LogP contribution < -0.4 is 4.90 Å². The van der Waals surface area contributed by atoms with Crippen LogP contribution in [0, 0.1) is 0 Å². The van der Waals surface area contributed by atoms with Gasteiger partial charge in [-0.25, -0.2) is 0 Å². The minimum absolute atomic E-state index is 0.182. The molecular formula is C71H51N. The molecule has 0 aromatic heterocycles. The van der Waals surface area contributed by atoms with Gasteiger partial charge in [0.1, 0.15) is 0 Å². The van der Waals surface area contributed by atoms with E-state index in [1.54, 1.807) is 0 Å². The average Bonchev–Trinajstić information content (AvgIpc) is 4.02. The number of hydrogen-bond acceptors (Lipinski definition) is 1. The van der Waals surface area contributed by atoms with Gasteiger partial charge >= 0.3 is 0 Å². The molecule has 0 radical (unpaired) electrons. The molecule has 340 valence electrons. The fourth-order valence-corrected chi connectivity index (χ4v) is 13.5. The SMILES string of the molecule is CC1(C)c2ccccc2-c2ccc(N(c3cccc(-c4cccc5c4-c4ccccc4C5(c4ccccc4)c4ccccc4)c3)c3cccc4c3-c3ccccc3C4(c3ccccc3)c3ccccc3)cc21. The lowest BCUT2D eigenvalue weighted by Crippen LogP contribution is -2.28. The van der Waals surface area contributed by atoms with Gasteiger partial charge in [-0.2, -0.15) is 0 Å². The number of hydrogen-bond donors (Lipinski definition) is 0. The summed E-state index contributed by atoms with van der Waals surface area (Å²) in [4.78, 5) is 2.56. The van der Waals surface area contributed by atoms with Crippen molar-refractivity contribution in [3.05, 3.63) is 329 Å². The number of nitrogens with zero attached hydrogens (tertiary/aromatic N) is 1. The summed E-state index contributed by atoms with van der Waals surface area (Å²) in [7, 11) is 0. The third-order valence-corrected chi connectivity index (χ3v) is 16.4. The normalized spacial score (nSPS) is 14.6. The summed E-state index contributed by atoms with van der Waals surface area (Å²) in [5, 5.41) is 0. The molecule has 0 spiro atoms. The second-order valence-corrected chi connectivity index (χ2v) is 20.3. The number of benzene rings is 11. The Bertz CT molecular complexity index is 3810. The highest BCUT2D eigenvalue weighted by atomic mass is 15.1. The first kappa shape index (κ1) is 42.1. The molecule has 0 bridgehead atoms. The van der Waals surface area contributed by atoms with Crippen LogP contribution in [0.2, 0.25) is 0 Å². The highest BCUT2D eigenvalue weighted by molar-refractivity contribution is 6.00. The maximum absolute atomic E-state index is 2.56. The monoisotopic (exact) mass is 917 g/mol. The molecule has 0 heterocycles. The van der Waals surface area contributed by atoms with Gasteiger partial charge in [0.25, 0.3) is 0 Å². The number of anilines is 3. The topological polar surface area (TPSA) is 3.24 Å². The van der Waals surface area contributed by atoms with Crippen LogP contribution in [-0.4, -0.2) is 0 Å². The van der Waals surface area contributed by atoms with Crippen molar-refractivity contribution < 1.29 is 0 Å². The number of rotatable bonds is 8. The molecule has 0 fully saturated rings. The summed E-state index contributed by atoms with van der Waals surface area (Å²) in [6, 6.07) is 102. The molecule has 11 aromatic carbocycles. The molecule has 0 atom stereocenters. The van der Waals surface area contributed by atoms with E-state index >= 15 is 0 Å². The Labute approximate surface area is 423 Å². The Hall–Kier alpha value is -8.78. The van der Waals surface area contributed by atoms with Crippen LogP contribution in [0.5, 0.6) is 0 Å². The zero-order valence-corrected chi connectivity index (χ0v) is 40.4. The molecule has 1 nitrogen and oxygen atoms in total. The third-order valence-electron chi connectivity index (χ3n) is 16.4. The van der Waals surface area contributed by atoms with E-state index in [4.69, 9.17) is 0 Å². The minimum Gasteiger partial charge on any atom is -0.310 e. The Balaban J connectivity index is 1.03. The van der Waals surface area contributed by atoms with Gasteiger partial charge in [0, 0.05) is 22.4 Å². The lowest BCUT2D eigenvalue weighted by molar-refractivity contribution is 0.660. The van der Waals surface area contributed by atoms with Crippen molar-refractivity contribution in [3.8, 4) is 44.5 Å². The van der Waals surface area contributed by atoms with Crippen LogP contribution in [0.15, 0.2) is 273 Å². The molecule has 11 aromatic rings. The van der Waals surface area contributed by atoms with Gasteiger partial charge in [-0.05, 0) is 125 Å². The molecule has 0 N–H and O–H groups in total. The van der Waals surface area contributed by atoms with Gasteiger partial charge in [0.05, 0.1) is 16.5 Å². The second kappa shape index (κ2) is 16.1. The fraction of sp³-hybridized carbons (Fsp3) is 0.0704. The van der Waals surface area contributed by atoms with E-state index < -0.39 is 10.8 Å². The molecule has 1 heteroatoms. The Kier molecular flexibility index (Phi) is 9.44. The quantitative estimate of drug-likeness (QED) is 0.147. The van der Waals surface area contributed by atoms with Crippen LogP contribution in [0.4, 0.5) is 17.1 Å². The molecule has 0 unspecified atom stereocenters. The van der Waals surface area contributed by atoms with Crippen molar-refractivity contribution in [1.29, 1.82) is 0 Å². The van der Waals surface area contributed by atoms with Gasteiger partial charge in [-0.1, -0.05) is 257 Å². The molecule has 14 rings (SSSR count). The molecule has 0 amide bonds. The lowest BCUT2D eigenvalue weighted by atomic mass is 9.67. The maximum atomic E-state index is 2.56. The standard InChI is InChI=1S/C71H51N/c1-69(2)60-38-18-15-34-56(60)57-45-44-54(47-65(57)69)72(66-43-23-42-64-68(66)59-36-17-20-40-62(59)71(64,51-29-11-5-12-30-51)52-31-13-6-14-32-52)53-33-21-24-48(46-53)55-37-22-41-63-67(55)58-35-16-19-39-61(58)70(63,49-25-7-3-8-26-49)50-27-9-4-10-28-50/h3-47H,1-2H3. The predicted molar refractivity (Wildman–Crippen MR) is 299 cm³/mol. The van der Waals surface area contributed by atoms with Gasteiger partial charge in [-0.3, -0.25) is 0 Å². The highest BCUT2D eigenvalue weighted by Gasteiger charge is 2.49. The van der Waals surface area contributed by atoms with E-state index in [0.29, 0.717) is 0 Å². The van der Waals surface area contributed by atoms with Crippen LogP contribution in [0.1, 0.15) is 69.5 Å². The van der Waals surface area contributed by atoms with Crippen molar-refractivity contribution in [2.75, 3.05) is 4.90 Å². The summed E-state index contributed by atoms with van der Waals surface area (Å²) in [5.74, 6) is 0. The zero-order valence-electron chi connectivity index (χ0n) is 40.4. The van der Waals surface area contributed by atoms with Crippen molar-refractivity contribution in [2.24, 2.45) is 0 Å². The van der Waals surface area contributed by atoms with Crippen molar-refractivity contribution in [1.82, 2.24) is 0 Å². The Morgan fingerprint density at radius 1 is 0.264 bits per heavy atom. The first-order chi connectivity index (χ1) is 35.5. The second-order valence-electron chi connectivity index (χ2n) is 20.3. The summed E-state index contributed by atoms with van der Waals surface area (Å²) in [6.07, 6.45) is 0. The summed E-state index contributed by atoms with van der Waals surface area (Å²) in [6.45, 7) is 4.77. The minimum atomic E-state index is -0.540. The molecule has 3 aliphatic carbocycles. The molecule has 0 aliphatic heterocycles. The Morgan fingerprint density at radius 2 is 0.667 bits per heavy atom. The maximum Gasteiger partial charge on any atom is 0.0714 e. The molecule has 0 saturated heterocycles. The van der Waals surface area contributed by atoms with Gasteiger partial charge < -0.3 is 4.90 Å². The first-order valence-corrected chi connectivity index (χ1v) is 25.3. The first-order valence-electron chi connectivity index (χ1n) is 25.3. The van der Waals surface area contributed by atoms with E-state index in [1.807, 2.05) is 0 Å². The molecule has 0 saturated carbocycles. The van der Waals surface area contributed by atoms with Crippen molar-refractivity contribution in [2.45, 2.75) is 30.1 Å². The summed E-state index contributed by atoms with van der Waals surface area (Å²) < 4.78 is 0. The molecule has 3 aliphatic rings. The van der Waals surface area contributed by atoms with Gasteiger partial charge in [0.2, 0.25) is 0 Å². The third kappa shape index (κ3) is 5.83. The van der Waals surface area contributed by atoms with Crippen LogP contribution in [0.25, 0.3) is 44.5 Å². The zero-order chi connectivity index (χ0) is 48.0. The Morgan fingerprint density at radius 3 is 1.24 bits per heavy atom. The smallest absolute Gasteiger partial charge is 0.0714 e.